The fourth-order valence-corrected chi connectivity index (χ4v) is 2.93. The first kappa shape index (κ1) is 18.2. The molecule has 0 N–H and O–H groups in total. The number of carbonyl (C=O) groups is 1. The standard InChI is InChI=1S/C17H22ClN7O/c1-5-24-14(6-8-19-24)10-22(4)17(26)15-7-9-23(21-15)11-25-13(3)16(18)12(2)20-25/h6-9H,5,10-11H2,1-4H3. The van der Waals surface area contributed by atoms with Gasteiger partial charge >= 0.3 is 0 Å². The highest BCUT2D eigenvalue weighted by atomic mass is 35.5. The summed E-state index contributed by atoms with van der Waals surface area (Å²) in [5, 5.41) is 13.6. The minimum atomic E-state index is -0.140. The van der Waals surface area contributed by atoms with Crippen molar-refractivity contribution in [3.05, 3.63) is 52.3 Å². The van der Waals surface area contributed by atoms with Gasteiger partial charge in [0, 0.05) is 26.0 Å². The monoisotopic (exact) mass is 375 g/mol. The lowest BCUT2D eigenvalue weighted by atomic mass is 10.3. The maximum atomic E-state index is 12.6. The maximum absolute atomic E-state index is 12.6. The van der Waals surface area contributed by atoms with Crippen LogP contribution < -0.4 is 0 Å². The lowest BCUT2D eigenvalue weighted by Crippen LogP contribution is -2.28. The Labute approximate surface area is 157 Å². The van der Waals surface area contributed by atoms with Crippen molar-refractivity contribution in [1.82, 2.24) is 34.2 Å². The van der Waals surface area contributed by atoms with Crippen LogP contribution in [-0.4, -0.2) is 47.2 Å². The van der Waals surface area contributed by atoms with Crippen molar-refractivity contribution in [3.63, 3.8) is 0 Å². The van der Waals surface area contributed by atoms with Gasteiger partial charge in [0.2, 0.25) is 0 Å². The predicted molar refractivity (Wildman–Crippen MR) is 98.0 cm³/mol. The number of hydrogen-bond donors (Lipinski definition) is 0. The number of rotatable bonds is 6. The van der Waals surface area contributed by atoms with E-state index in [9.17, 15) is 4.79 Å². The van der Waals surface area contributed by atoms with Crippen LogP contribution >= 0.6 is 11.6 Å². The summed E-state index contributed by atoms with van der Waals surface area (Å²) in [6.45, 7) is 7.43. The van der Waals surface area contributed by atoms with Crippen molar-refractivity contribution >= 4 is 17.5 Å². The average Bonchev–Trinajstić information content (AvgIpc) is 3.32. The van der Waals surface area contributed by atoms with Gasteiger partial charge in [0.05, 0.1) is 28.6 Å². The van der Waals surface area contributed by atoms with E-state index in [-0.39, 0.29) is 5.91 Å². The van der Waals surface area contributed by atoms with Crippen LogP contribution in [0.15, 0.2) is 24.5 Å². The molecule has 9 heteroatoms. The smallest absolute Gasteiger partial charge is 0.274 e. The highest BCUT2D eigenvalue weighted by molar-refractivity contribution is 6.31. The minimum absolute atomic E-state index is 0.140. The molecule has 0 fully saturated rings. The largest absolute Gasteiger partial charge is 0.334 e. The van der Waals surface area contributed by atoms with Gasteiger partial charge in [-0.05, 0) is 32.9 Å². The molecule has 3 heterocycles. The zero-order chi connectivity index (χ0) is 18.8. The van der Waals surface area contributed by atoms with Crippen LogP contribution in [0.4, 0.5) is 0 Å². The number of aromatic nitrogens is 6. The molecule has 8 nitrogen and oxygen atoms in total. The molecule has 0 aliphatic carbocycles. The second-order valence-electron chi connectivity index (χ2n) is 6.17. The van der Waals surface area contributed by atoms with Crippen LogP contribution in [0.5, 0.6) is 0 Å². The lowest BCUT2D eigenvalue weighted by Gasteiger charge is -2.16. The molecule has 0 aromatic carbocycles. The first-order chi connectivity index (χ1) is 12.4. The number of nitrogens with zero attached hydrogens (tertiary/aromatic N) is 7. The van der Waals surface area contributed by atoms with E-state index in [2.05, 4.69) is 15.3 Å². The summed E-state index contributed by atoms with van der Waals surface area (Å²) in [7, 11) is 1.76. The molecule has 0 aliphatic rings. The van der Waals surface area contributed by atoms with E-state index in [1.54, 1.807) is 39.8 Å². The zero-order valence-corrected chi connectivity index (χ0v) is 16.1. The highest BCUT2D eigenvalue weighted by Gasteiger charge is 2.17. The van der Waals surface area contributed by atoms with Crippen molar-refractivity contribution in [2.75, 3.05) is 7.05 Å². The molecule has 26 heavy (non-hydrogen) atoms. The number of aryl methyl sites for hydroxylation is 2. The van der Waals surface area contributed by atoms with Crippen molar-refractivity contribution < 1.29 is 4.79 Å². The summed E-state index contributed by atoms with van der Waals surface area (Å²) >= 11 is 6.17. The topological polar surface area (TPSA) is 73.8 Å². The molecule has 0 radical (unpaired) electrons. The van der Waals surface area contributed by atoms with Crippen molar-refractivity contribution in [1.29, 1.82) is 0 Å². The summed E-state index contributed by atoms with van der Waals surface area (Å²) in [6.07, 6.45) is 3.51. The van der Waals surface area contributed by atoms with Crippen LogP contribution in [0.1, 0.15) is 34.5 Å². The fourth-order valence-electron chi connectivity index (χ4n) is 2.79. The second-order valence-corrected chi connectivity index (χ2v) is 6.54. The van der Waals surface area contributed by atoms with E-state index in [0.717, 1.165) is 23.6 Å². The first-order valence-corrected chi connectivity index (χ1v) is 8.77. The Morgan fingerprint density at radius 3 is 2.65 bits per heavy atom. The molecule has 0 bridgehead atoms. The number of amides is 1. The third-order valence-electron chi connectivity index (χ3n) is 4.28. The average molecular weight is 376 g/mol. The Bertz CT molecular complexity index is 924. The van der Waals surface area contributed by atoms with Gasteiger partial charge in [-0.2, -0.15) is 15.3 Å². The van der Waals surface area contributed by atoms with E-state index < -0.39 is 0 Å². The molecular weight excluding hydrogens is 354 g/mol. The Hall–Kier alpha value is -2.61. The summed E-state index contributed by atoms with van der Waals surface area (Å²) in [4.78, 5) is 14.3. The van der Waals surface area contributed by atoms with Crippen molar-refractivity contribution in [2.24, 2.45) is 0 Å². The van der Waals surface area contributed by atoms with E-state index in [4.69, 9.17) is 11.6 Å². The number of hydrogen-bond acceptors (Lipinski definition) is 4. The van der Waals surface area contributed by atoms with E-state index >= 15 is 0 Å². The molecule has 0 atom stereocenters. The van der Waals surface area contributed by atoms with Gasteiger partial charge in [-0.25, -0.2) is 4.68 Å². The molecule has 0 spiro atoms. The van der Waals surface area contributed by atoms with E-state index in [1.807, 2.05) is 31.5 Å². The second kappa shape index (κ2) is 7.33. The molecule has 1 amide bonds. The predicted octanol–water partition coefficient (Wildman–Crippen LogP) is 2.34. The molecule has 3 rings (SSSR count). The fraction of sp³-hybridized carbons (Fsp3) is 0.412. The molecule has 0 aliphatic heterocycles. The number of carbonyl (C=O) groups excluding carboxylic acids is 1. The van der Waals surface area contributed by atoms with Crippen LogP contribution in [-0.2, 0) is 19.8 Å². The van der Waals surface area contributed by atoms with Crippen LogP contribution in [0, 0.1) is 13.8 Å². The maximum Gasteiger partial charge on any atom is 0.274 e. The summed E-state index contributed by atoms with van der Waals surface area (Å²) in [5.74, 6) is -0.140. The number of halogens is 1. The Kier molecular flexibility index (Phi) is 5.13. The molecule has 0 saturated carbocycles. The molecular formula is C17H22ClN7O. The van der Waals surface area contributed by atoms with Gasteiger partial charge in [-0.3, -0.25) is 14.2 Å². The van der Waals surface area contributed by atoms with Crippen LogP contribution in [0.3, 0.4) is 0 Å². The highest BCUT2D eigenvalue weighted by Crippen LogP contribution is 2.18. The SMILES string of the molecule is CCn1nccc1CN(C)C(=O)c1ccn(Cn2nc(C)c(Cl)c2C)n1. The first-order valence-electron chi connectivity index (χ1n) is 8.39. The van der Waals surface area contributed by atoms with Crippen LogP contribution in [0.25, 0.3) is 0 Å². The molecule has 0 saturated heterocycles. The Balaban J connectivity index is 1.70. The van der Waals surface area contributed by atoms with Crippen molar-refractivity contribution in [3.8, 4) is 0 Å². The van der Waals surface area contributed by atoms with Gasteiger partial charge in [-0.15, -0.1) is 0 Å². The van der Waals surface area contributed by atoms with E-state index in [0.29, 0.717) is 23.9 Å². The van der Waals surface area contributed by atoms with Gasteiger partial charge in [0.15, 0.2) is 0 Å². The quantitative estimate of drug-likeness (QED) is 0.662. The normalized spacial score (nSPS) is 11.1. The third kappa shape index (κ3) is 3.50. The van der Waals surface area contributed by atoms with E-state index in [1.165, 1.54) is 0 Å². The third-order valence-corrected chi connectivity index (χ3v) is 4.83. The van der Waals surface area contributed by atoms with Crippen molar-refractivity contribution in [2.45, 2.75) is 40.5 Å². The molecule has 0 unspecified atom stereocenters. The van der Waals surface area contributed by atoms with Crippen LogP contribution in [0.2, 0.25) is 5.02 Å². The summed E-state index contributed by atoms with van der Waals surface area (Å²) < 4.78 is 5.31. The molecule has 138 valence electrons. The van der Waals surface area contributed by atoms with Gasteiger partial charge in [-0.1, -0.05) is 11.6 Å². The Morgan fingerprint density at radius 1 is 1.23 bits per heavy atom. The zero-order valence-electron chi connectivity index (χ0n) is 15.3. The summed E-state index contributed by atoms with van der Waals surface area (Å²) in [5.41, 5.74) is 3.03. The van der Waals surface area contributed by atoms with Gasteiger partial charge in [0.25, 0.3) is 5.91 Å². The lowest BCUT2D eigenvalue weighted by molar-refractivity contribution is 0.0774. The minimum Gasteiger partial charge on any atom is -0.334 e. The molecule has 3 aromatic heterocycles. The summed E-state index contributed by atoms with van der Waals surface area (Å²) in [6, 6.07) is 3.63. The molecule has 3 aromatic rings. The van der Waals surface area contributed by atoms with Gasteiger partial charge in [0.1, 0.15) is 12.4 Å². The Morgan fingerprint density at radius 2 is 2.00 bits per heavy atom. The van der Waals surface area contributed by atoms with Gasteiger partial charge < -0.3 is 4.90 Å².